The summed E-state index contributed by atoms with van der Waals surface area (Å²) >= 11 is 0. The van der Waals surface area contributed by atoms with Crippen LogP contribution in [0.2, 0.25) is 0 Å². The molecule has 0 fully saturated rings. The smallest absolute Gasteiger partial charge is 0.164 e. The first-order valence-corrected chi connectivity index (χ1v) is 25.2. The Morgan fingerprint density at radius 3 is 1.61 bits per heavy atom. The molecule has 74 heavy (non-hydrogen) atoms. The molecule has 342 valence electrons. The van der Waals surface area contributed by atoms with Gasteiger partial charge in [-0.2, -0.15) is 0 Å². The number of rotatable bonds is 5. The molecule has 0 aliphatic carbocycles. The number of fused-ring (bicyclic) bond motifs is 14. The number of nitrogens with zero attached hydrogens (tertiary/aromatic N) is 5. The van der Waals surface area contributed by atoms with Gasteiger partial charge in [-0.3, -0.25) is 0 Å². The highest BCUT2D eigenvalue weighted by atomic mass is 15.0. The van der Waals surface area contributed by atoms with Crippen molar-refractivity contribution in [3.8, 4) is 45.5 Å². The van der Waals surface area contributed by atoms with Crippen molar-refractivity contribution in [2.24, 2.45) is 0 Å². The molecule has 0 N–H and O–H groups in total. The average Bonchev–Trinajstić information content (AvgIpc) is 3.98. The molecule has 3 aromatic heterocycles. The lowest BCUT2D eigenvalue weighted by atomic mass is 9.96. The minimum absolute atomic E-state index is 0.620. The van der Waals surface area contributed by atoms with E-state index in [0.717, 1.165) is 66.0 Å². The number of para-hydroxylation sites is 1. The van der Waals surface area contributed by atoms with Crippen LogP contribution in [0.1, 0.15) is 0 Å². The lowest BCUT2D eigenvalue weighted by molar-refractivity contribution is 1.08. The molecule has 5 heteroatoms. The molecular weight excluding hydrogens is 899 g/mol. The van der Waals surface area contributed by atoms with Crippen LogP contribution >= 0.6 is 0 Å². The van der Waals surface area contributed by atoms with Crippen LogP contribution in [0.4, 0.5) is 0 Å². The Hall–Kier alpha value is -9.97. The zero-order valence-corrected chi connectivity index (χ0v) is 39.9. The maximum Gasteiger partial charge on any atom is 0.164 e. The first kappa shape index (κ1) is 40.7. The van der Waals surface area contributed by atoms with Gasteiger partial charge in [-0.1, -0.05) is 188 Å². The van der Waals surface area contributed by atoms with Crippen molar-refractivity contribution in [3.05, 3.63) is 249 Å². The maximum absolute atomic E-state index is 5.37. The SMILES string of the molecule is c1ccc2cc(-c3nc(-c4ccc5c(-n6c7cc(-n8c9ccccc9c9c%10ccccc%10ccc98)ccc7c7cc8ccccc8cc76)cccc5c4)nc(-c4cc5ccccc5c5ccccc45)n3)ccc2c1. The molecule has 0 amide bonds. The lowest BCUT2D eigenvalue weighted by Crippen LogP contribution is -2.01. The van der Waals surface area contributed by atoms with Crippen molar-refractivity contribution >= 4 is 108 Å². The summed E-state index contributed by atoms with van der Waals surface area (Å²) in [6, 6.07) is 90.2. The van der Waals surface area contributed by atoms with Crippen molar-refractivity contribution in [2.75, 3.05) is 0 Å². The van der Waals surface area contributed by atoms with E-state index in [0.29, 0.717) is 17.5 Å². The van der Waals surface area contributed by atoms with Crippen molar-refractivity contribution in [1.82, 2.24) is 24.1 Å². The fourth-order valence-electron chi connectivity index (χ4n) is 12.0. The van der Waals surface area contributed by atoms with Crippen LogP contribution in [-0.2, 0) is 0 Å². The van der Waals surface area contributed by atoms with Gasteiger partial charge in [-0.25, -0.2) is 15.0 Å². The van der Waals surface area contributed by atoms with E-state index in [1.54, 1.807) is 0 Å². The molecule has 0 bridgehead atoms. The van der Waals surface area contributed by atoms with Gasteiger partial charge in [0.15, 0.2) is 17.5 Å². The number of hydrogen-bond acceptors (Lipinski definition) is 3. The summed E-state index contributed by atoms with van der Waals surface area (Å²) in [5, 5.41) is 19.0. The van der Waals surface area contributed by atoms with Gasteiger partial charge in [0.1, 0.15) is 0 Å². The Labute approximate surface area is 424 Å². The molecule has 3 heterocycles. The molecule has 16 aromatic rings. The zero-order chi connectivity index (χ0) is 48.4. The van der Waals surface area contributed by atoms with Gasteiger partial charge in [0.25, 0.3) is 0 Å². The maximum atomic E-state index is 5.37. The number of aromatic nitrogens is 5. The molecule has 0 spiro atoms. The standard InChI is InChI=1S/C69H41N5/c1-2-16-44-36-49(29-28-42(44)14-1)67-70-68(72-69(71-67)60-39-48-19-6-7-21-52(48)55-23-9-10-24-56(55)60)50-30-33-53-47(37-50)20-13-27-61(53)74-64-40-46-18-4-3-17-45(46)38-59(64)57-34-32-51(41-65(57)74)73-62-26-12-11-25-58(62)66-54-22-8-5-15-43(54)31-35-63(66)73/h1-41H. The van der Waals surface area contributed by atoms with Crippen molar-refractivity contribution in [3.63, 3.8) is 0 Å². The summed E-state index contributed by atoms with van der Waals surface area (Å²) in [6.45, 7) is 0. The molecule has 0 saturated heterocycles. The third-order valence-corrected chi connectivity index (χ3v) is 15.4. The van der Waals surface area contributed by atoms with Crippen molar-refractivity contribution in [1.29, 1.82) is 0 Å². The van der Waals surface area contributed by atoms with Gasteiger partial charge < -0.3 is 9.13 Å². The Balaban J connectivity index is 0.915. The largest absolute Gasteiger partial charge is 0.309 e. The third kappa shape index (κ3) is 6.14. The van der Waals surface area contributed by atoms with E-state index >= 15 is 0 Å². The summed E-state index contributed by atoms with van der Waals surface area (Å²) in [7, 11) is 0. The first-order valence-electron chi connectivity index (χ1n) is 25.2. The van der Waals surface area contributed by atoms with Crippen LogP contribution < -0.4 is 0 Å². The predicted octanol–water partition coefficient (Wildman–Crippen LogP) is 18.0. The molecule has 5 nitrogen and oxygen atoms in total. The molecule has 13 aromatic carbocycles. The summed E-state index contributed by atoms with van der Waals surface area (Å²) in [6.07, 6.45) is 0. The number of hydrogen-bond donors (Lipinski definition) is 0. The topological polar surface area (TPSA) is 48.5 Å². The summed E-state index contributed by atoms with van der Waals surface area (Å²) in [5.74, 6) is 1.89. The summed E-state index contributed by atoms with van der Waals surface area (Å²) in [5.41, 5.74) is 9.71. The van der Waals surface area contributed by atoms with E-state index in [-0.39, 0.29) is 0 Å². The molecule has 0 aliphatic rings. The van der Waals surface area contributed by atoms with Crippen molar-refractivity contribution < 1.29 is 0 Å². The second-order valence-electron chi connectivity index (χ2n) is 19.6. The quantitative estimate of drug-likeness (QED) is 0.162. The monoisotopic (exact) mass is 939 g/mol. The average molecular weight is 940 g/mol. The van der Waals surface area contributed by atoms with E-state index in [9.17, 15) is 0 Å². The molecule has 0 atom stereocenters. The van der Waals surface area contributed by atoms with Gasteiger partial charge in [-0.15, -0.1) is 0 Å². The van der Waals surface area contributed by atoms with E-state index in [2.05, 4.69) is 258 Å². The van der Waals surface area contributed by atoms with Gasteiger partial charge in [0.05, 0.1) is 27.8 Å². The molecule has 0 aliphatic heterocycles. The molecule has 0 radical (unpaired) electrons. The van der Waals surface area contributed by atoms with Crippen molar-refractivity contribution in [2.45, 2.75) is 0 Å². The van der Waals surface area contributed by atoms with E-state index < -0.39 is 0 Å². The third-order valence-electron chi connectivity index (χ3n) is 15.4. The predicted molar refractivity (Wildman–Crippen MR) is 310 cm³/mol. The fourth-order valence-corrected chi connectivity index (χ4v) is 12.0. The van der Waals surface area contributed by atoms with E-state index in [1.807, 2.05) is 0 Å². The fraction of sp³-hybridized carbons (Fsp3) is 0. The normalized spacial score (nSPS) is 12.1. The van der Waals surface area contributed by atoms with Gasteiger partial charge in [-0.05, 0) is 120 Å². The number of benzene rings is 13. The first-order chi connectivity index (χ1) is 36.7. The van der Waals surface area contributed by atoms with Gasteiger partial charge in [0, 0.05) is 49.3 Å². The lowest BCUT2D eigenvalue weighted by Gasteiger charge is -2.15. The molecule has 0 saturated carbocycles. The molecule has 16 rings (SSSR count). The van der Waals surface area contributed by atoms with Crippen LogP contribution in [0.25, 0.3) is 154 Å². The Kier molecular flexibility index (Phi) is 8.68. The highest BCUT2D eigenvalue weighted by molar-refractivity contribution is 6.22. The van der Waals surface area contributed by atoms with Gasteiger partial charge in [0.2, 0.25) is 0 Å². The van der Waals surface area contributed by atoms with Crippen LogP contribution in [0.5, 0.6) is 0 Å². The van der Waals surface area contributed by atoms with Crippen LogP contribution in [-0.4, -0.2) is 24.1 Å². The molecular formula is C69H41N5. The Morgan fingerprint density at radius 1 is 0.243 bits per heavy atom. The van der Waals surface area contributed by atoms with E-state index in [1.165, 1.54) is 70.3 Å². The Morgan fingerprint density at radius 2 is 0.797 bits per heavy atom. The minimum Gasteiger partial charge on any atom is -0.309 e. The highest BCUT2D eigenvalue weighted by Crippen LogP contribution is 2.42. The minimum atomic E-state index is 0.620. The molecule has 0 unspecified atom stereocenters. The second kappa shape index (κ2) is 15.8. The van der Waals surface area contributed by atoms with Crippen LogP contribution in [0.15, 0.2) is 249 Å². The highest BCUT2D eigenvalue weighted by Gasteiger charge is 2.21. The summed E-state index contributed by atoms with van der Waals surface area (Å²) in [4.78, 5) is 16.0. The second-order valence-corrected chi connectivity index (χ2v) is 19.6. The summed E-state index contributed by atoms with van der Waals surface area (Å²) < 4.78 is 4.93. The zero-order valence-electron chi connectivity index (χ0n) is 39.9. The van der Waals surface area contributed by atoms with Crippen LogP contribution in [0, 0.1) is 0 Å². The van der Waals surface area contributed by atoms with E-state index in [4.69, 9.17) is 15.0 Å². The van der Waals surface area contributed by atoms with Gasteiger partial charge >= 0.3 is 0 Å². The Bertz CT molecular complexity index is 5040. The van der Waals surface area contributed by atoms with Crippen LogP contribution in [0.3, 0.4) is 0 Å².